The average Bonchev–Trinajstić information content (AvgIpc) is 2.93. The second-order valence-electron chi connectivity index (χ2n) is 2.79. The zero-order valence-electron chi connectivity index (χ0n) is 8.96. The molecule has 0 aromatic rings. The van der Waals surface area contributed by atoms with Crippen LogP contribution in [0.1, 0.15) is 0 Å². The Bertz CT molecular complexity index is 228. The first-order valence-corrected chi connectivity index (χ1v) is 8.69. The van der Waals surface area contributed by atoms with Crippen LogP contribution in [0.25, 0.3) is 0 Å². The molecular weight excluding hydrogens is 313 g/mol. The van der Waals surface area contributed by atoms with Gasteiger partial charge in [0.15, 0.2) is 0 Å². The SMILES string of the molecule is O=C([O-])C1SCCS1.O=C([O-])C1SCCS1.[Mg+2]. The van der Waals surface area contributed by atoms with Gasteiger partial charge < -0.3 is 19.8 Å². The zero-order chi connectivity index (χ0) is 12.0. The van der Waals surface area contributed by atoms with Gasteiger partial charge in [-0.25, -0.2) is 0 Å². The molecule has 9 heteroatoms. The van der Waals surface area contributed by atoms with Crippen LogP contribution < -0.4 is 10.2 Å². The van der Waals surface area contributed by atoms with Crippen molar-refractivity contribution >= 4 is 82.0 Å². The molecule has 0 aromatic heterocycles. The molecule has 0 radical (unpaired) electrons. The molecule has 2 aliphatic rings. The Labute approximate surface area is 133 Å². The van der Waals surface area contributed by atoms with E-state index in [2.05, 4.69) is 0 Å². The van der Waals surface area contributed by atoms with E-state index in [0.717, 1.165) is 23.0 Å². The molecule has 0 aromatic carbocycles. The zero-order valence-corrected chi connectivity index (χ0v) is 13.6. The van der Waals surface area contributed by atoms with Gasteiger partial charge in [-0.3, -0.25) is 0 Å². The fourth-order valence-corrected chi connectivity index (χ4v) is 5.85. The number of thioether (sulfide) groups is 4. The third-order valence-electron chi connectivity index (χ3n) is 1.63. The quantitative estimate of drug-likeness (QED) is 0.581. The van der Waals surface area contributed by atoms with E-state index in [4.69, 9.17) is 0 Å². The molecule has 0 amide bonds. The van der Waals surface area contributed by atoms with Crippen molar-refractivity contribution in [1.29, 1.82) is 0 Å². The van der Waals surface area contributed by atoms with Gasteiger partial charge in [0.05, 0.1) is 21.1 Å². The van der Waals surface area contributed by atoms with Gasteiger partial charge in [0.2, 0.25) is 0 Å². The molecular formula is C8H10MgO4S4. The monoisotopic (exact) mass is 322 g/mol. The van der Waals surface area contributed by atoms with Crippen LogP contribution in [0, 0.1) is 0 Å². The van der Waals surface area contributed by atoms with Crippen LogP contribution in [-0.4, -0.2) is 67.2 Å². The van der Waals surface area contributed by atoms with Crippen molar-refractivity contribution in [3.63, 3.8) is 0 Å². The minimum atomic E-state index is -0.933. The molecule has 92 valence electrons. The van der Waals surface area contributed by atoms with Crippen molar-refractivity contribution in [2.75, 3.05) is 23.0 Å². The third kappa shape index (κ3) is 7.31. The molecule has 0 bridgehead atoms. The average molecular weight is 323 g/mol. The maximum Gasteiger partial charge on any atom is 2.00 e. The number of carboxylic acid groups (broad SMARTS) is 2. The number of carboxylic acids is 2. The molecule has 2 rings (SSSR count). The molecule has 0 saturated carbocycles. The first-order chi connectivity index (χ1) is 7.61. The molecule has 4 nitrogen and oxygen atoms in total. The molecule has 0 N–H and O–H groups in total. The molecule has 17 heavy (non-hydrogen) atoms. The Morgan fingerprint density at radius 2 is 1.00 bits per heavy atom. The van der Waals surface area contributed by atoms with Gasteiger partial charge >= 0.3 is 23.1 Å². The molecule has 0 unspecified atom stereocenters. The van der Waals surface area contributed by atoms with Crippen LogP contribution in [-0.2, 0) is 9.59 Å². The van der Waals surface area contributed by atoms with Gasteiger partial charge in [-0.05, 0) is 0 Å². The summed E-state index contributed by atoms with van der Waals surface area (Å²) in [7, 11) is 0. The first kappa shape index (κ1) is 18.1. The van der Waals surface area contributed by atoms with E-state index in [-0.39, 0.29) is 32.2 Å². The summed E-state index contributed by atoms with van der Waals surface area (Å²) in [5.41, 5.74) is 0. The maximum atomic E-state index is 10.0. The summed E-state index contributed by atoms with van der Waals surface area (Å²) in [6, 6.07) is 0. The van der Waals surface area contributed by atoms with Crippen LogP contribution in [0.5, 0.6) is 0 Å². The van der Waals surface area contributed by atoms with Gasteiger partial charge in [0, 0.05) is 23.0 Å². The second-order valence-corrected chi connectivity index (χ2v) is 8.23. The Morgan fingerprint density at radius 1 is 0.765 bits per heavy atom. The Hall–Kier alpha value is 1.11. The van der Waals surface area contributed by atoms with Gasteiger partial charge in [0.25, 0.3) is 0 Å². The van der Waals surface area contributed by atoms with Crippen molar-refractivity contribution < 1.29 is 19.8 Å². The van der Waals surface area contributed by atoms with Gasteiger partial charge in [-0.15, -0.1) is 47.0 Å². The van der Waals surface area contributed by atoms with E-state index in [1.807, 2.05) is 0 Å². The molecule has 0 atom stereocenters. The normalized spacial score (nSPS) is 20.2. The minimum Gasteiger partial charge on any atom is -0.548 e. The number of rotatable bonds is 2. The van der Waals surface area contributed by atoms with Gasteiger partial charge in [-0.2, -0.15) is 0 Å². The molecule has 2 fully saturated rings. The summed E-state index contributed by atoms with van der Waals surface area (Å²) in [6.45, 7) is 0. The molecule has 2 saturated heterocycles. The number of aliphatic carboxylic acids is 2. The van der Waals surface area contributed by atoms with E-state index in [0.29, 0.717) is 0 Å². The first-order valence-electron chi connectivity index (χ1n) is 4.49. The second kappa shape index (κ2) is 9.96. The van der Waals surface area contributed by atoms with Crippen molar-refractivity contribution in [2.24, 2.45) is 0 Å². The van der Waals surface area contributed by atoms with Crippen LogP contribution >= 0.6 is 47.0 Å². The largest absolute Gasteiger partial charge is 2.00 e. The fourth-order valence-electron chi connectivity index (χ4n) is 0.989. The van der Waals surface area contributed by atoms with E-state index in [1.54, 1.807) is 0 Å². The van der Waals surface area contributed by atoms with E-state index < -0.39 is 11.9 Å². The van der Waals surface area contributed by atoms with E-state index >= 15 is 0 Å². The molecule has 2 aliphatic heterocycles. The Morgan fingerprint density at radius 3 is 1.12 bits per heavy atom. The van der Waals surface area contributed by atoms with Gasteiger partial charge in [0.1, 0.15) is 0 Å². The summed E-state index contributed by atoms with van der Waals surface area (Å²) in [6.07, 6.45) is 0. The van der Waals surface area contributed by atoms with Crippen LogP contribution in [0.3, 0.4) is 0 Å². The number of carbonyl (C=O) groups is 2. The van der Waals surface area contributed by atoms with E-state index in [9.17, 15) is 19.8 Å². The Kier molecular flexibility index (Phi) is 10.6. The van der Waals surface area contributed by atoms with Crippen LogP contribution in [0.4, 0.5) is 0 Å². The topological polar surface area (TPSA) is 80.3 Å². The predicted molar refractivity (Wildman–Crippen MR) is 73.2 cm³/mol. The number of hydrogen-bond donors (Lipinski definition) is 0. The standard InChI is InChI=1S/2C4H6O2S2.Mg/c2*5-3(6)4-7-1-2-8-4;/h2*4H,1-2H2,(H,5,6);/q;;+2/p-2. The molecule has 0 aliphatic carbocycles. The van der Waals surface area contributed by atoms with Gasteiger partial charge in [-0.1, -0.05) is 0 Å². The van der Waals surface area contributed by atoms with Crippen LogP contribution in [0.2, 0.25) is 0 Å². The fraction of sp³-hybridized carbons (Fsp3) is 0.750. The summed E-state index contributed by atoms with van der Waals surface area (Å²) in [5, 5.41) is 20.1. The van der Waals surface area contributed by atoms with Crippen molar-refractivity contribution in [1.82, 2.24) is 0 Å². The number of hydrogen-bond acceptors (Lipinski definition) is 8. The van der Waals surface area contributed by atoms with Crippen LogP contribution in [0.15, 0.2) is 0 Å². The third-order valence-corrected chi connectivity index (χ3v) is 7.52. The summed E-state index contributed by atoms with van der Waals surface area (Å²) >= 11 is 5.81. The van der Waals surface area contributed by atoms with Crippen molar-refractivity contribution in [2.45, 2.75) is 9.16 Å². The van der Waals surface area contributed by atoms with Crippen molar-refractivity contribution in [3.05, 3.63) is 0 Å². The summed E-state index contributed by atoms with van der Waals surface area (Å²) in [4.78, 5) is 20.1. The smallest absolute Gasteiger partial charge is 0.548 e. The van der Waals surface area contributed by atoms with Crippen molar-refractivity contribution in [3.8, 4) is 0 Å². The molecule has 2 heterocycles. The number of carbonyl (C=O) groups excluding carboxylic acids is 2. The predicted octanol–water partition coefficient (Wildman–Crippen LogP) is -1.30. The summed E-state index contributed by atoms with van der Waals surface area (Å²) in [5.74, 6) is 1.93. The minimum absolute atomic E-state index is 0. The van der Waals surface area contributed by atoms with E-state index in [1.165, 1.54) is 47.0 Å². The maximum absolute atomic E-state index is 10.0. The Balaban J connectivity index is 0.000000284. The molecule has 0 spiro atoms. The summed E-state index contributed by atoms with van der Waals surface area (Å²) < 4.78 is -0.593.